The van der Waals surface area contributed by atoms with Gasteiger partial charge in [0, 0.05) is 9.79 Å². The molecule has 47 heavy (non-hydrogen) atoms. The Labute approximate surface area is 306 Å². The Morgan fingerprint density at radius 1 is 0.319 bits per heavy atom. The van der Waals surface area contributed by atoms with Crippen molar-refractivity contribution >= 4 is 23.5 Å². The zero-order valence-corrected chi connectivity index (χ0v) is 33.8. The van der Waals surface area contributed by atoms with Crippen molar-refractivity contribution in [3.63, 3.8) is 0 Å². The van der Waals surface area contributed by atoms with E-state index in [1.165, 1.54) is 245 Å². The maximum Gasteiger partial charge on any atom is 0.00858 e. The van der Waals surface area contributed by atoms with Gasteiger partial charge in [-0.05, 0) is 55.0 Å². The second-order valence-corrected chi connectivity index (χ2v) is 17.2. The molecule has 0 aliphatic carbocycles. The highest BCUT2D eigenvalue weighted by Gasteiger charge is 2.02. The zero-order chi connectivity index (χ0) is 33.7. The van der Waals surface area contributed by atoms with Crippen LogP contribution in [0.3, 0.4) is 0 Å². The smallest absolute Gasteiger partial charge is 0.00858 e. The minimum Gasteiger partial charge on any atom is -0.126 e. The van der Waals surface area contributed by atoms with E-state index in [2.05, 4.69) is 39.0 Å². The second-order valence-electron chi connectivity index (χ2n) is 14.8. The molecule has 0 fully saturated rings. The minimum absolute atomic E-state index is 1.18. The van der Waals surface area contributed by atoms with Crippen LogP contribution in [0.5, 0.6) is 0 Å². The summed E-state index contributed by atoms with van der Waals surface area (Å²) in [5, 5.41) is 0. The van der Waals surface area contributed by atoms with Crippen LogP contribution < -0.4 is 0 Å². The zero-order valence-electron chi connectivity index (χ0n) is 32.2. The predicted octanol–water partition coefficient (Wildman–Crippen LogP) is 17.4. The van der Waals surface area contributed by atoms with E-state index in [9.17, 15) is 0 Å². The van der Waals surface area contributed by atoms with Crippen LogP contribution in [0.4, 0.5) is 0 Å². The van der Waals surface area contributed by atoms with Crippen molar-refractivity contribution < 1.29 is 0 Å². The third-order valence-electron chi connectivity index (χ3n) is 9.97. The van der Waals surface area contributed by atoms with E-state index in [1.54, 1.807) is 0 Å². The molecule has 0 aliphatic heterocycles. The molecular formula is C45H83S2. The quantitative estimate of drug-likeness (QED) is 0.0501. The van der Waals surface area contributed by atoms with Crippen molar-refractivity contribution in [1.82, 2.24) is 0 Å². The third-order valence-corrected chi connectivity index (χ3v) is 12.1. The lowest BCUT2D eigenvalue weighted by Crippen LogP contribution is -1.87. The summed E-state index contributed by atoms with van der Waals surface area (Å²) in [7, 11) is 0. The molecule has 0 spiro atoms. The Kier molecular flexibility index (Phi) is 35.6. The summed E-state index contributed by atoms with van der Waals surface area (Å²) in [6, 6.07) is 7.00. The summed E-state index contributed by atoms with van der Waals surface area (Å²) in [4.78, 5) is 2.86. The second kappa shape index (κ2) is 37.2. The molecule has 1 rings (SSSR count). The van der Waals surface area contributed by atoms with Crippen molar-refractivity contribution in [1.29, 1.82) is 0 Å². The average molecular weight is 688 g/mol. The van der Waals surface area contributed by atoms with Crippen molar-refractivity contribution in [3.8, 4) is 0 Å². The van der Waals surface area contributed by atoms with Gasteiger partial charge in [-0.15, -0.1) is 23.5 Å². The van der Waals surface area contributed by atoms with E-state index >= 15 is 0 Å². The average Bonchev–Trinajstić information content (AvgIpc) is 3.07. The van der Waals surface area contributed by atoms with Gasteiger partial charge in [-0.3, -0.25) is 0 Å². The molecule has 0 aromatic heterocycles. The molecule has 0 atom stereocenters. The Bertz CT molecular complexity index is 685. The van der Waals surface area contributed by atoms with Crippen LogP contribution in [0.25, 0.3) is 0 Å². The van der Waals surface area contributed by atoms with Crippen LogP contribution in [0.15, 0.2) is 28.0 Å². The van der Waals surface area contributed by atoms with Gasteiger partial charge in [0.2, 0.25) is 0 Å². The molecule has 0 saturated heterocycles. The molecule has 0 amide bonds. The van der Waals surface area contributed by atoms with E-state index in [-0.39, 0.29) is 0 Å². The molecular weight excluding hydrogens is 605 g/mol. The molecule has 1 aromatic rings. The van der Waals surface area contributed by atoms with Gasteiger partial charge in [0.15, 0.2) is 0 Å². The summed E-state index contributed by atoms with van der Waals surface area (Å²) in [6.45, 7) is 8.89. The molecule has 0 nitrogen and oxygen atoms in total. The van der Waals surface area contributed by atoms with Crippen LogP contribution in [-0.4, -0.2) is 11.5 Å². The first-order chi connectivity index (χ1) is 23.3. The Morgan fingerprint density at radius 3 is 0.766 bits per heavy atom. The summed E-state index contributed by atoms with van der Waals surface area (Å²) in [5.74, 6) is 2.51. The lowest BCUT2D eigenvalue weighted by atomic mass is 10.0. The molecule has 0 aliphatic rings. The molecule has 0 bridgehead atoms. The van der Waals surface area contributed by atoms with Gasteiger partial charge >= 0.3 is 0 Å². The van der Waals surface area contributed by atoms with Crippen LogP contribution in [-0.2, 0) is 0 Å². The van der Waals surface area contributed by atoms with Crippen LogP contribution >= 0.6 is 23.5 Å². The summed E-state index contributed by atoms with van der Waals surface area (Å²) < 4.78 is 0. The van der Waals surface area contributed by atoms with E-state index in [0.29, 0.717) is 0 Å². The van der Waals surface area contributed by atoms with Crippen molar-refractivity contribution in [3.05, 3.63) is 30.7 Å². The molecule has 1 aromatic carbocycles. The molecule has 0 saturated carbocycles. The lowest BCUT2D eigenvalue weighted by Gasteiger charge is -2.08. The lowest BCUT2D eigenvalue weighted by molar-refractivity contribution is 0.529. The fourth-order valence-electron chi connectivity index (χ4n) is 6.83. The van der Waals surface area contributed by atoms with E-state index in [1.807, 2.05) is 23.5 Å². The third kappa shape index (κ3) is 32.9. The first-order valence-electron chi connectivity index (χ1n) is 21.5. The maximum atomic E-state index is 4.28. The Hall–Kier alpha value is -0.0800. The van der Waals surface area contributed by atoms with Gasteiger partial charge in [-0.1, -0.05) is 219 Å². The highest BCUT2D eigenvalue weighted by atomic mass is 32.2. The summed E-state index contributed by atoms with van der Waals surface area (Å²) >= 11 is 4.10. The van der Waals surface area contributed by atoms with Crippen LogP contribution in [0, 0.1) is 6.92 Å². The molecule has 1 radical (unpaired) electrons. The number of hydrogen-bond acceptors (Lipinski definition) is 2. The number of benzene rings is 1. The predicted molar refractivity (Wildman–Crippen MR) is 221 cm³/mol. The van der Waals surface area contributed by atoms with Gasteiger partial charge in [-0.25, -0.2) is 0 Å². The fraction of sp³-hybridized carbons (Fsp3) is 0.844. The summed E-state index contributed by atoms with van der Waals surface area (Å²) in [6.07, 6.45) is 49.1. The van der Waals surface area contributed by atoms with Crippen molar-refractivity contribution in [2.75, 3.05) is 11.5 Å². The summed E-state index contributed by atoms with van der Waals surface area (Å²) in [5.41, 5.74) is 1.18. The maximum absolute atomic E-state index is 4.28. The van der Waals surface area contributed by atoms with E-state index in [0.717, 1.165) is 0 Å². The fourth-order valence-corrected chi connectivity index (χ4v) is 8.96. The highest BCUT2D eigenvalue weighted by molar-refractivity contribution is 8.00. The van der Waals surface area contributed by atoms with E-state index in [4.69, 9.17) is 0 Å². The van der Waals surface area contributed by atoms with Gasteiger partial charge < -0.3 is 0 Å². The molecule has 0 N–H and O–H groups in total. The topological polar surface area (TPSA) is 0 Å². The van der Waals surface area contributed by atoms with Gasteiger partial charge in [0.1, 0.15) is 0 Å². The number of thioether (sulfide) groups is 2. The van der Waals surface area contributed by atoms with Gasteiger partial charge in [0.25, 0.3) is 0 Å². The van der Waals surface area contributed by atoms with Crippen molar-refractivity contribution in [2.45, 2.75) is 242 Å². The number of rotatable bonds is 38. The normalized spacial score (nSPS) is 11.6. The van der Waals surface area contributed by atoms with E-state index < -0.39 is 0 Å². The number of hydrogen-bond donors (Lipinski definition) is 0. The molecule has 275 valence electrons. The highest BCUT2D eigenvalue weighted by Crippen LogP contribution is 2.29. The minimum atomic E-state index is 1.18. The van der Waals surface area contributed by atoms with Gasteiger partial charge in [-0.2, -0.15) is 0 Å². The number of unbranched alkanes of at least 4 members (excludes halogenated alkanes) is 32. The van der Waals surface area contributed by atoms with Gasteiger partial charge in [0.05, 0.1) is 0 Å². The van der Waals surface area contributed by atoms with Crippen LogP contribution in [0.1, 0.15) is 238 Å². The molecule has 0 unspecified atom stereocenters. The Morgan fingerprint density at radius 2 is 0.532 bits per heavy atom. The largest absolute Gasteiger partial charge is 0.126 e. The van der Waals surface area contributed by atoms with Crippen LogP contribution in [0.2, 0.25) is 0 Å². The first kappa shape index (κ1) is 44.9. The molecule has 0 heterocycles. The SMILES string of the molecule is [CH2]c1cc(SCCCCCCCCCCCCCCCCCCC)cc(SCCCCCCCCCCCCCCCCCCC)c1. The Balaban J connectivity index is 1.88. The standard InChI is InChI=1S/C45H83S2/c1-4-6-8-10-12-14-16-18-20-22-24-26-28-30-32-34-36-38-46-44-40-43(3)41-45(42-44)47-39-37-35-33-31-29-27-25-23-21-19-17-15-13-11-9-7-5-2/h40-42H,3-39H2,1-2H3. The molecule has 2 heteroatoms. The van der Waals surface area contributed by atoms with Crippen molar-refractivity contribution in [2.24, 2.45) is 0 Å². The monoisotopic (exact) mass is 688 g/mol. The first-order valence-corrected chi connectivity index (χ1v) is 23.5.